The SMILES string of the molecule is COc1cc2c(cc1OCCCOc1cc3c(cc1OC)C(=O)N1c4cc(NC(=O)CCC(C)=O)ccc4C[C@H]1CN3)N=C[C@@H]1Cc3ccccc3N1C2=O. The van der Waals surface area contributed by atoms with E-state index in [0.717, 1.165) is 22.5 Å². The summed E-state index contributed by atoms with van der Waals surface area (Å²) < 4.78 is 23.6. The Labute approximate surface area is 318 Å². The monoisotopic (exact) mass is 743 g/mol. The largest absolute Gasteiger partial charge is 0.493 e. The van der Waals surface area contributed by atoms with E-state index in [0.29, 0.717) is 90.2 Å². The van der Waals surface area contributed by atoms with Gasteiger partial charge in [-0.2, -0.15) is 0 Å². The molecule has 2 N–H and O–H groups in total. The number of anilines is 4. The zero-order valence-corrected chi connectivity index (χ0v) is 30.8. The van der Waals surface area contributed by atoms with Crippen molar-refractivity contribution in [3.63, 3.8) is 0 Å². The molecule has 0 saturated heterocycles. The van der Waals surface area contributed by atoms with Gasteiger partial charge in [-0.1, -0.05) is 24.3 Å². The van der Waals surface area contributed by atoms with Crippen LogP contribution in [0.4, 0.5) is 28.4 Å². The highest BCUT2D eigenvalue weighted by Crippen LogP contribution is 2.43. The first-order valence-corrected chi connectivity index (χ1v) is 18.4. The first-order chi connectivity index (χ1) is 26.7. The Morgan fingerprint density at radius 2 is 1.51 bits per heavy atom. The van der Waals surface area contributed by atoms with Gasteiger partial charge in [0.2, 0.25) is 5.91 Å². The van der Waals surface area contributed by atoms with Crippen LogP contribution in [0.1, 0.15) is 58.0 Å². The summed E-state index contributed by atoms with van der Waals surface area (Å²) in [6.07, 6.45) is 3.99. The lowest BCUT2D eigenvalue weighted by atomic mass is 10.1. The molecule has 55 heavy (non-hydrogen) atoms. The summed E-state index contributed by atoms with van der Waals surface area (Å²) >= 11 is 0. The molecule has 4 aliphatic rings. The standard InChI is InChI=1S/C42H41N5O8/c1-24(48)9-12-40(49)45-27-11-10-26-16-29-23-44-33-21-39(37(53-3)19-31(33)42(51)47(29)35(26)17-27)55-14-6-13-54-38-20-32-30(18-36(38)52-2)41(50)46-28(22-43-32)15-25-7-4-5-8-34(25)46/h4-5,7-8,10-11,17-22,28-29,44H,6,9,12-16,23H2,1-3H3,(H,45,49)/t28-,29-/m0/s1. The van der Waals surface area contributed by atoms with Gasteiger partial charge in [-0.3, -0.25) is 24.3 Å². The summed E-state index contributed by atoms with van der Waals surface area (Å²) in [4.78, 5) is 59.8. The van der Waals surface area contributed by atoms with Gasteiger partial charge in [-0.05, 0) is 54.8 Å². The second-order valence-electron chi connectivity index (χ2n) is 14.0. The number of benzene rings is 4. The Hall–Kier alpha value is -6.37. The minimum atomic E-state index is -0.254. The second-order valence-corrected chi connectivity index (χ2v) is 14.0. The molecule has 4 aliphatic heterocycles. The van der Waals surface area contributed by atoms with Crippen LogP contribution in [-0.2, 0) is 22.4 Å². The average molecular weight is 744 g/mol. The molecule has 13 heteroatoms. The highest BCUT2D eigenvalue weighted by atomic mass is 16.5. The van der Waals surface area contributed by atoms with Crippen molar-refractivity contribution < 1.29 is 38.1 Å². The van der Waals surface area contributed by atoms with E-state index in [1.54, 1.807) is 41.2 Å². The van der Waals surface area contributed by atoms with Gasteiger partial charge >= 0.3 is 0 Å². The predicted octanol–water partition coefficient (Wildman–Crippen LogP) is 6.14. The van der Waals surface area contributed by atoms with E-state index in [-0.39, 0.29) is 48.4 Å². The molecule has 0 bridgehead atoms. The number of rotatable bonds is 12. The molecule has 13 nitrogen and oxygen atoms in total. The summed E-state index contributed by atoms with van der Waals surface area (Å²) in [5, 5.41) is 6.29. The van der Waals surface area contributed by atoms with Crippen LogP contribution in [0.5, 0.6) is 23.0 Å². The Balaban J connectivity index is 0.919. The number of hydrogen-bond acceptors (Lipinski definition) is 10. The number of Topliss-reactive ketones (excluding diaryl/α,β-unsaturated/α-hetero) is 1. The molecule has 0 radical (unpaired) electrons. The molecule has 0 spiro atoms. The number of methoxy groups -OCH3 is 2. The van der Waals surface area contributed by atoms with Crippen molar-refractivity contribution in [1.82, 2.24) is 0 Å². The van der Waals surface area contributed by atoms with E-state index in [4.69, 9.17) is 18.9 Å². The zero-order chi connectivity index (χ0) is 38.2. The van der Waals surface area contributed by atoms with Gasteiger partial charge in [-0.15, -0.1) is 0 Å². The molecule has 8 rings (SSSR count). The van der Waals surface area contributed by atoms with Gasteiger partial charge in [0.1, 0.15) is 5.78 Å². The molecule has 282 valence electrons. The van der Waals surface area contributed by atoms with Gasteiger partial charge in [0.25, 0.3) is 11.8 Å². The van der Waals surface area contributed by atoms with Gasteiger partial charge in [0.05, 0.1) is 62.0 Å². The summed E-state index contributed by atoms with van der Waals surface area (Å²) in [5.41, 5.74) is 6.39. The Kier molecular flexibility index (Phi) is 9.60. The maximum atomic E-state index is 14.1. The second kappa shape index (κ2) is 14.8. The maximum absolute atomic E-state index is 14.1. The summed E-state index contributed by atoms with van der Waals surface area (Å²) in [7, 11) is 3.07. The molecule has 4 aromatic carbocycles. The zero-order valence-electron chi connectivity index (χ0n) is 30.8. The van der Waals surface area contributed by atoms with Gasteiger partial charge in [0, 0.05) is 67.6 Å². The van der Waals surface area contributed by atoms with E-state index in [2.05, 4.69) is 15.6 Å². The predicted molar refractivity (Wildman–Crippen MR) is 208 cm³/mol. The third-order valence-corrected chi connectivity index (χ3v) is 10.4. The number of fused-ring (bicyclic) bond motifs is 8. The molecule has 0 aliphatic carbocycles. The van der Waals surface area contributed by atoms with E-state index < -0.39 is 0 Å². The lowest BCUT2D eigenvalue weighted by Crippen LogP contribution is -2.39. The Bertz CT molecular complexity index is 2250. The smallest absolute Gasteiger partial charge is 0.261 e. The highest BCUT2D eigenvalue weighted by Gasteiger charge is 2.39. The molecule has 0 saturated carbocycles. The number of nitrogens with zero attached hydrogens (tertiary/aromatic N) is 3. The fourth-order valence-electron chi connectivity index (χ4n) is 7.66. The summed E-state index contributed by atoms with van der Waals surface area (Å²) in [6, 6.07) is 20.1. The number of ether oxygens (including phenoxy) is 4. The average Bonchev–Trinajstić information content (AvgIpc) is 3.67. The summed E-state index contributed by atoms with van der Waals surface area (Å²) in [6.45, 7) is 2.57. The number of ketones is 1. The molecule has 0 fully saturated rings. The van der Waals surface area contributed by atoms with E-state index in [9.17, 15) is 19.2 Å². The van der Waals surface area contributed by atoms with Crippen LogP contribution >= 0.6 is 0 Å². The van der Waals surface area contributed by atoms with Crippen LogP contribution in [0, 0.1) is 0 Å². The number of carbonyl (C=O) groups is 4. The molecular formula is C42H41N5O8. The van der Waals surface area contributed by atoms with Crippen LogP contribution < -0.4 is 39.4 Å². The van der Waals surface area contributed by atoms with Crippen LogP contribution in [0.2, 0.25) is 0 Å². The van der Waals surface area contributed by atoms with Crippen LogP contribution in [-0.4, -0.2) is 75.8 Å². The van der Waals surface area contributed by atoms with Crippen molar-refractivity contribution in [1.29, 1.82) is 0 Å². The molecule has 4 aromatic rings. The van der Waals surface area contributed by atoms with Gasteiger partial charge < -0.3 is 39.3 Å². The minimum Gasteiger partial charge on any atom is -0.493 e. The van der Waals surface area contributed by atoms with Crippen LogP contribution in [0.15, 0.2) is 71.7 Å². The van der Waals surface area contributed by atoms with Crippen molar-refractivity contribution >= 4 is 58.2 Å². The normalized spacial score (nSPS) is 17.4. The molecule has 0 aromatic heterocycles. The van der Waals surface area contributed by atoms with Crippen molar-refractivity contribution in [2.75, 3.05) is 54.4 Å². The fraction of sp³-hybridized carbons (Fsp3) is 0.310. The Morgan fingerprint density at radius 3 is 2.27 bits per heavy atom. The number of aliphatic imine (C=N–C) groups is 1. The topological polar surface area (TPSA) is 148 Å². The van der Waals surface area contributed by atoms with Crippen molar-refractivity contribution in [2.24, 2.45) is 4.99 Å². The third-order valence-electron chi connectivity index (χ3n) is 10.4. The van der Waals surface area contributed by atoms with E-state index in [1.807, 2.05) is 48.7 Å². The van der Waals surface area contributed by atoms with Crippen molar-refractivity contribution in [3.8, 4) is 23.0 Å². The lowest BCUT2D eigenvalue weighted by Gasteiger charge is -2.23. The third kappa shape index (κ3) is 6.82. The number of hydrogen-bond donors (Lipinski definition) is 2. The van der Waals surface area contributed by atoms with Crippen molar-refractivity contribution in [3.05, 3.63) is 89.0 Å². The first kappa shape index (κ1) is 35.6. The van der Waals surface area contributed by atoms with Crippen molar-refractivity contribution in [2.45, 2.75) is 51.1 Å². The van der Waals surface area contributed by atoms with Crippen LogP contribution in [0.3, 0.4) is 0 Å². The van der Waals surface area contributed by atoms with Gasteiger partial charge in [-0.25, -0.2) is 0 Å². The van der Waals surface area contributed by atoms with Gasteiger partial charge in [0.15, 0.2) is 23.0 Å². The van der Waals surface area contributed by atoms with Crippen LogP contribution in [0.25, 0.3) is 0 Å². The fourth-order valence-corrected chi connectivity index (χ4v) is 7.66. The highest BCUT2D eigenvalue weighted by molar-refractivity contribution is 6.15. The lowest BCUT2D eigenvalue weighted by molar-refractivity contribution is -0.121. The molecule has 2 atom stereocenters. The molecule has 3 amide bonds. The van der Waals surface area contributed by atoms with E-state index in [1.165, 1.54) is 14.0 Å². The Morgan fingerprint density at radius 1 is 0.800 bits per heavy atom. The first-order valence-electron chi connectivity index (χ1n) is 18.4. The molecule has 0 unspecified atom stereocenters. The maximum Gasteiger partial charge on any atom is 0.261 e. The molecular weight excluding hydrogens is 702 g/mol. The molecule has 4 heterocycles. The number of amides is 3. The number of para-hydroxylation sites is 1. The quantitative estimate of drug-likeness (QED) is 0.163. The number of nitrogens with one attached hydrogen (secondary N) is 2. The summed E-state index contributed by atoms with van der Waals surface area (Å²) in [5.74, 6) is 1.19. The number of carbonyl (C=O) groups excluding carboxylic acids is 4. The van der Waals surface area contributed by atoms with E-state index >= 15 is 0 Å². The minimum absolute atomic E-state index is 0.0485.